The summed E-state index contributed by atoms with van der Waals surface area (Å²) in [5, 5.41) is 2.74. The van der Waals surface area contributed by atoms with Crippen molar-refractivity contribution in [2.24, 2.45) is 0 Å². The predicted molar refractivity (Wildman–Crippen MR) is 110 cm³/mol. The van der Waals surface area contributed by atoms with Gasteiger partial charge in [0.15, 0.2) is 0 Å². The van der Waals surface area contributed by atoms with Gasteiger partial charge in [0.2, 0.25) is 0 Å². The van der Waals surface area contributed by atoms with E-state index >= 15 is 0 Å². The third kappa shape index (κ3) is 4.70. The Kier molecular flexibility index (Phi) is 6.10. The van der Waals surface area contributed by atoms with Gasteiger partial charge >= 0.3 is 0 Å². The van der Waals surface area contributed by atoms with Crippen molar-refractivity contribution in [1.82, 2.24) is 14.8 Å². The van der Waals surface area contributed by atoms with Crippen molar-refractivity contribution < 1.29 is 9.53 Å². The van der Waals surface area contributed by atoms with E-state index in [0.717, 1.165) is 67.1 Å². The Morgan fingerprint density at radius 1 is 1.07 bits per heavy atom. The van der Waals surface area contributed by atoms with E-state index in [4.69, 9.17) is 4.74 Å². The van der Waals surface area contributed by atoms with Gasteiger partial charge in [-0.3, -0.25) is 9.69 Å². The second-order valence-electron chi connectivity index (χ2n) is 7.18. The summed E-state index contributed by atoms with van der Waals surface area (Å²) in [5.74, 6) is 0.150. The van der Waals surface area contributed by atoms with Crippen LogP contribution < -0.4 is 4.74 Å². The van der Waals surface area contributed by atoms with Crippen LogP contribution in [0.3, 0.4) is 0 Å². The number of nitrogens with zero attached hydrogens (tertiary/aromatic N) is 3. The highest BCUT2D eigenvalue weighted by molar-refractivity contribution is 9.10. The summed E-state index contributed by atoms with van der Waals surface area (Å²) in [6.07, 6.45) is 6.29. The molecule has 2 saturated heterocycles. The van der Waals surface area contributed by atoms with Gasteiger partial charge in [-0.15, -0.1) is 0 Å². The first-order valence-electron chi connectivity index (χ1n) is 9.54. The fourth-order valence-corrected chi connectivity index (χ4v) is 4.79. The summed E-state index contributed by atoms with van der Waals surface area (Å²) >= 11 is 4.98. The first-order chi connectivity index (χ1) is 13.2. The zero-order chi connectivity index (χ0) is 18.6. The highest BCUT2D eigenvalue weighted by Crippen LogP contribution is 2.25. The fraction of sp³-hybridized carbons (Fsp3) is 0.500. The molecule has 0 saturated carbocycles. The normalized spacial score (nSPS) is 20.0. The first kappa shape index (κ1) is 18.9. The molecule has 3 heterocycles. The molecule has 2 fully saturated rings. The maximum atomic E-state index is 12.7. The molecule has 2 aliphatic heterocycles. The van der Waals surface area contributed by atoms with Crippen molar-refractivity contribution in [3.05, 3.63) is 45.9 Å². The van der Waals surface area contributed by atoms with Crippen LogP contribution in [0.5, 0.6) is 5.19 Å². The van der Waals surface area contributed by atoms with Gasteiger partial charge in [0.1, 0.15) is 6.10 Å². The zero-order valence-electron chi connectivity index (χ0n) is 15.2. The molecule has 1 amide bonds. The van der Waals surface area contributed by atoms with Crippen molar-refractivity contribution in [2.45, 2.75) is 37.8 Å². The number of hydrogen-bond acceptors (Lipinski definition) is 5. The van der Waals surface area contributed by atoms with Gasteiger partial charge in [-0.25, -0.2) is 4.98 Å². The van der Waals surface area contributed by atoms with E-state index in [-0.39, 0.29) is 12.0 Å². The Bertz CT molecular complexity index is 737. The van der Waals surface area contributed by atoms with Gasteiger partial charge in [-0.1, -0.05) is 27.3 Å². The lowest BCUT2D eigenvalue weighted by molar-refractivity contribution is 0.0425. The maximum Gasteiger partial charge on any atom is 0.273 e. The lowest BCUT2D eigenvalue weighted by Gasteiger charge is -2.41. The number of hydrogen-bond donors (Lipinski definition) is 0. The number of thiazole rings is 1. The molecule has 7 heteroatoms. The number of amides is 1. The van der Waals surface area contributed by atoms with Crippen LogP contribution in [0.15, 0.2) is 40.3 Å². The third-order valence-corrected chi connectivity index (χ3v) is 6.70. The minimum Gasteiger partial charge on any atom is -0.467 e. The van der Waals surface area contributed by atoms with Gasteiger partial charge in [0.25, 0.3) is 11.1 Å². The topological polar surface area (TPSA) is 45.7 Å². The summed E-state index contributed by atoms with van der Waals surface area (Å²) in [6, 6.07) is 8.23. The van der Waals surface area contributed by atoms with Crippen LogP contribution in [-0.2, 0) is 0 Å². The van der Waals surface area contributed by atoms with Gasteiger partial charge < -0.3 is 9.64 Å². The van der Waals surface area contributed by atoms with E-state index in [1.165, 1.54) is 0 Å². The molecule has 0 bridgehead atoms. The fourth-order valence-electron chi connectivity index (χ4n) is 3.98. The lowest BCUT2D eigenvalue weighted by Crippen LogP contribution is -2.50. The van der Waals surface area contributed by atoms with Crippen molar-refractivity contribution in [1.29, 1.82) is 0 Å². The molecule has 4 rings (SSSR count). The Balaban J connectivity index is 1.24. The average Bonchev–Trinajstić information content (AvgIpc) is 3.22. The van der Waals surface area contributed by atoms with Crippen LogP contribution in [0.1, 0.15) is 36.0 Å². The summed E-state index contributed by atoms with van der Waals surface area (Å²) in [4.78, 5) is 21.5. The Morgan fingerprint density at radius 2 is 1.78 bits per heavy atom. The average molecular weight is 450 g/mol. The number of rotatable bonds is 4. The summed E-state index contributed by atoms with van der Waals surface area (Å²) < 4.78 is 6.96. The van der Waals surface area contributed by atoms with E-state index in [0.29, 0.717) is 6.04 Å². The first-order valence-corrected chi connectivity index (χ1v) is 11.2. The largest absolute Gasteiger partial charge is 0.467 e. The highest BCUT2D eigenvalue weighted by atomic mass is 79.9. The van der Waals surface area contributed by atoms with E-state index in [9.17, 15) is 4.79 Å². The number of ether oxygens (including phenoxy) is 1. The lowest BCUT2D eigenvalue weighted by atomic mass is 9.98. The molecule has 0 radical (unpaired) electrons. The van der Waals surface area contributed by atoms with Gasteiger partial charge in [-0.05, 0) is 49.9 Å². The minimum absolute atomic E-state index is 0.150. The molecule has 0 aliphatic carbocycles. The molecule has 27 heavy (non-hydrogen) atoms. The van der Waals surface area contributed by atoms with Crippen LogP contribution >= 0.6 is 27.3 Å². The number of halogens is 1. The number of aromatic nitrogens is 1. The SMILES string of the molecule is O=C(c1ccc(Br)cc1)N1CCC(N2CCC(Oc3nccs3)CC2)CC1. The van der Waals surface area contributed by atoms with Crippen LogP contribution in [0.4, 0.5) is 0 Å². The third-order valence-electron chi connectivity index (χ3n) is 5.51. The second kappa shape index (κ2) is 8.71. The van der Waals surface area contributed by atoms with Crippen molar-refractivity contribution in [3.63, 3.8) is 0 Å². The number of piperidine rings is 2. The Labute approximate surface area is 172 Å². The van der Waals surface area contributed by atoms with Crippen molar-refractivity contribution in [3.8, 4) is 5.19 Å². The molecule has 1 aromatic heterocycles. The quantitative estimate of drug-likeness (QED) is 0.705. The molecule has 144 valence electrons. The zero-order valence-corrected chi connectivity index (χ0v) is 17.6. The van der Waals surface area contributed by atoms with Gasteiger partial charge in [0, 0.05) is 53.8 Å². The van der Waals surface area contributed by atoms with Crippen molar-refractivity contribution in [2.75, 3.05) is 26.2 Å². The van der Waals surface area contributed by atoms with E-state index in [1.807, 2.05) is 34.5 Å². The number of benzene rings is 1. The molecule has 0 N–H and O–H groups in total. The van der Waals surface area contributed by atoms with E-state index in [2.05, 4.69) is 25.8 Å². The number of likely N-dealkylation sites (tertiary alicyclic amines) is 2. The molecule has 5 nitrogen and oxygen atoms in total. The molecule has 0 atom stereocenters. The number of carbonyl (C=O) groups excluding carboxylic acids is 1. The monoisotopic (exact) mass is 449 g/mol. The second-order valence-corrected chi connectivity index (χ2v) is 8.95. The standard InChI is InChI=1S/C20H24BrN3O2S/c21-16-3-1-15(2-4-16)19(25)24-10-5-17(6-11-24)23-12-7-18(8-13-23)26-20-22-9-14-27-20/h1-4,9,14,17-18H,5-8,10-13H2. The smallest absolute Gasteiger partial charge is 0.273 e. The van der Waals surface area contributed by atoms with Gasteiger partial charge in [-0.2, -0.15) is 0 Å². The molecule has 2 aromatic rings. The maximum absolute atomic E-state index is 12.7. The van der Waals surface area contributed by atoms with Gasteiger partial charge in [0.05, 0.1) is 0 Å². The van der Waals surface area contributed by atoms with Crippen LogP contribution in [0, 0.1) is 0 Å². The molecular weight excluding hydrogens is 426 g/mol. The summed E-state index contributed by atoms with van der Waals surface area (Å²) in [6.45, 7) is 3.83. The predicted octanol–water partition coefficient (Wildman–Crippen LogP) is 4.05. The summed E-state index contributed by atoms with van der Waals surface area (Å²) in [5.41, 5.74) is 0.775. The van der Waals surface area contributed by atoms with E-state index < -0.39 is 0 Å². The minimum atomic E-state index is 0.150. The molecule has 0 spiro atoms. The molecule has 0 unspecified atom stereocenters. The van der Waals surface area contributed by atoms with Crippen LogP contribution in [0.25, 0.3) is 0 Å². The Morgan fingerprint density at radius 3 is 2.41 bits per heavy atom. The number of carbonyl (C=O) groups is 1. The van der Waals surface area contributed by atoms with Crippen LogP contribution in [-0.4, -0.2) is 59.0 Å². The van der Waals surface area contributed by atoms with Crippen LogP contribution in [0.2, 0.25) is 0 Å². The molecule has 1 aromatic carbocycles. The van der Waals surface area contributed by atoms with E-state index in [1.54, 1.807) is 17.5 Å². The highest BCUT2D eigenvalue weighted by Gasteiger charge is 2.30. The van der Waals surface area contributed by atoms with Crippen molar-refractivity contribution >= 4 is 33.2 Å². The Hall–Kier alpha value is -1.44. The molecule has 2 aliphatic rings. The summed E-state index contributed by atoms with van der Waals surface area (Å²) in [7, 11) is 0. The molecular formula is C20H24BrN3O2S.